The highest BCUT2D eigenvalue weighted by molar-refractivity contribution is 5.81. The standard InChI is InChI=1S/C13H12N2O6/c1-3-4-10(13(14)17)21-12-9(15(18)19)5-8(7-16)6-11(12)20-2/h1,5-7,10H,4H2,2H3,(H2,14,17). The van der Waals surface area contributed by atoms with E-state index in [1.807, 2.05) is 0 Å². The van der Waals surface area contributed by atoms with Crippen molar-refractivity contribution < 1.29 is 24.0 Å². The summed E-state index contributed by atoms with van der Waals surface area (Å²) in [6.07, 6.45) is 4.10. The maximum absolute atomic E-state index is 11.2. The molecule has 0 aromatic heterocycles. The summed E-state index contributed by atoms with van der Waals surface area (Å²) in [5, 5.41) is 11.1. The number of nitrogens with two attached hydrogens (primary N) is 1. The molecule has 0 fully saturated rings. The lowest BCUT2D eigenvalue weighted by Gasteiger charge is -2.16. The smallest absolute Gasteiger partial charge is 0.315 e. The number of benzene rings is 1. The topological polar surface area (TPSA) is 122 Å². The fraction of sp³-hybridized carbons (Fsp3) is 0.231. The first-order chi connectivity index (χ1) is 9.94. The average molecular weight is 292 g/mol. The summed E-state index contributed by atoms with van der Waals surface area (Å²) >= 11 is 0. The quantitative estimate of drug-likeness (QED) is 0.341. The van der Waals surface area contributed by atoms with Crippen LogP contribution in [0.2, 0.25) is 0 Å². The van der Waals surface area contributed by atoms with Crippen LogP contribution in [0.1, 0.15) is 16.8 Å². The second-order valence-corrected chi connectivity index (χ2v) is 3.86. The van der Waals surface area contributed by atoms with Crippen LogP contribution >= 0.6 is 0 Å². The zero-order valence-corrected chi connectivity index (χ0v) is 11.1. The van der Waals surface area contributed by atoms with Gasteiger partial charge in [0.05, 0.1) is 18.5 Å². The molecule has 0 radical (unpaired) electrons. The predicted molar refractivity (Wildman–Crippen MR) is 72.1 cm³/mol. The lowest BCUT2D eigenvalue weighted by molar-refractivity contribution is -0.386. The van der Waals surface area contributed by atoms with Gasteiger partial charge in [0.15, 0.2) is 11.9 Å². The third-order valence-electron chi connectivity index (χ3n) is 2.49. The summed E-state index contributed by atoms with van der Waals surface area (Å²) in [7, 11) is 1.24. The van der Waals surface area contributed by atoms with E-state index in [0.29, 0.717) is 6.29 Å². The monoisotopic (exact) mass is 292 g/mol. The van der Waals surface area contributed by atoms with Crippen LogP contribution in [-0.2, 0) is 4.79 Å². The Kier molecular flexibility index (Phi) is 5.25. The number of aldehydes is 1. The van der Waals surface area contributed by atoms with Crippen LogP contribution in [0.15, 0.2) is 12.1 Å². The highest BCUT2D eigenvalue weighted by Gasteiger charge is 2.27. The van der Waals surface area contributed by atoms with Gasteiger partial charge in [-0.3, -0.25) is 19.7 Å². The van der Waals surface area contributed by atoms with Crippen LogP contribution in [0.4, 0.5) is 5.69 Å². The summed E-state index contributed by atoms with van der Waals surface area (Å²) in [4.78, 5) is 32.3. The number of hydrogen-bond donors (Lipinski definition) is 1. The van der Waals surface area contributed by atoms with E-state index in [9.17, 15) is 19.7 Å². The minimum absolute atomic E-state index is 0.0264. The van der Waals surface area contributed by atoms with Crippen LogP contribution in [0.3, 0.4) is 0 Å². The van der Waals surface area contributed by atoms with Crippen molar-refractivity contribution >= 4 is 17.9 Å². The number of methoxy groups -OCH3 is 1. The van der Waals surface area contributed by atoms with E-state index in [2.05, 4.69) is 5.92 Å². The lowest BCUT2D eigenvalue weighted by Crippen LogP contribution is -2.33. The van der Waals surface area contributed by atoms with Gasteiger partial charge in [0.25, 0.3) is 5.91 Å². The molecule has 1 atom stereocenters. The van der Waals surface area contributed by atoms with Crippen molar-refractivity contribution in [2.24, 2.45) is 5.73 Å². The molecule has 0 bridgehead atoms. The minimum Gasteiger partial charge on any atom is -0.493 e. The number of nitro benzene ring substituents is 1. The summed E-state index contributed by atoms with van der Waals surface area (Å²) in [6.45, 7) is 0. The Morgan fingerprint density at radius 1 is 1.62 bits per heavy atom. The van der Waals surface area contributed by atoms with Crippen molar-refractivity contribution in [3.63, 3.8) is 0 Å². The molecule has 1 rings (SSSR count). The molecule has 1 amide bonds. The first kappa shape index (κ1) is 16.0. The predicted octanol–water partition coefficient (Wildman–Crippen LogP) is 0.672. The Morgan fingerprint density at radius 2 is 2.29 bits per heavy atom. The van der Waals surface area contributed by atoms with Crippen molar-refractivity contribution in [3.05, 3.63) is 27.8 Å². The van der Waals surface area contributed by atoms with E-state index in [1.54, 1.807) is 0 Å². The number of carbonyl (C=O) groups excluding carboxylic acids is 2. The normalized spacial score (nSPS) is 11.0. The van der Waals surface area contributed by atoms with Crippen molar-refractivity contribution in [1.82, 2.24) is 0 Å². The van der Waals surface area contributed by atoms with Gasteiger partial charge in [0, 0.05) is 11.6 Å². The van der Waals surface area contributed by atoms with Gasteiger partial charge in [-0.2, -0.15) is 0 Å². The van der Waals surface area contributed by atoms with E-state index in [1.165, 1.54) is 13.2 Å². The van der Waals surface area contributed by atoms with Crippen molar-refractivity contribution in [2.45, 2.75) is 12.5 Å². The summed E-state index contributed by atoms with van der Waals surface area (Å²) in [6, 6.07) is 2.24. The second-order valence-electron chi connectivity index (χ2n) is 3.86. The molecule has 1 aromatic carbocycles. The van der Waals surface area contributed by atoms with Crippen molar-refractivity contribution in [1.29, 1.82) is 0 Å². The Hall–Kier alpha value is -3.08. The highest BCUT2D eigenvalue weighted by Crippen LogP contribution is 2.38. The maximum atomic E-state index is 11.2. The number of nitro groups is 1. The largest absolute Gasteiger partial charge is 0.493 e. The van der Waals surface area contributed by atoms with Crippen LogP contribution in [0.25, 0.3) is 0 Å². The number of hydrogen-bond acceptors (Lipinski definition) is 6. The molecular formula is C13H12N2O6. The number of amides is 1. The highest BCUT2D eigenvalue weighted by atomic mass is 16.6. The number of ether oxygens (including phenoxy) is 2. The number of nitrogens with zero attached hydrogens (tertiary/aromatic N) is 1. The van der Waals surface area contributed by atoms with E-state index in [0.717, 1.165) is 6.07 Å². The molecule has 0 aliphatic carbocycles. The molecule has 0 aliphatic rings. The van der Waals surface area contributed by atoms with Gasteiger partial charge in [-0.1, -0.05) is 0 Å². The molecule has 1 aromatic rings. The number of terminal acetylenes is 1. The molecule has 110 valence electrons. The number of carbonyl (C=O) groups is 2. The molecule has 2 N–H and O–H groups in total. The molecule has 1 unspecified atom stereocenters. The third kappa shape index (κ3) is 3.70. The van der Waals surface area contributed by atoms with E-state index >= 15 is 0 Å². The first-order valence-corrected chi connectivity index (χ1v) is 5.65. The van der Waals surface area contributed by atoms with E-state index in [-0.39, 0.29) is 23.5 Å². The minimum atomic E-state index is -1.25. The van der Waals surface area contributed by atoms with Crippen LogP contribution < -0.4 is 15.2 Å². The van der Waals surface area contributed by atoms with Gasteiger partial charge in [-0.05, 0) is 6.07 Å². The Morgan fingerprint density at radius 3 is 2.71 bits per heavy atom. The van der Waals surface area contributed by atoms with Crippen LogP contribution in [-0.4, -0.2) is 30.3 Å². The van der Waals surface area contributed by atoms with Gasteiger partial charge in [0.2, 0.25) is 5.75 Å². The Bertz CT molecular complexity index is 620. The third-order valence-corrected chi connectivity index (χ3v) is 2.49. The van der Waals surface area contributed by atoms with Gasteiger partial charge in [-0.15, -0.1) is 12.3 Å². The number of rotatable bonds is 7. The second kappa shape index (κ2) is 6.91. The molecule has 21 heavy (non-hydrogen) atoms. The Balaban J connectivity index is 3.38. The van der Waals surface area contributed by atoms with E-state index < -0.39 is 22.6 Å². The van der Waals surface area contributed by atoms with Crippen LogP contribution in [0, 0.1) is 22.5 Å². The average Bonchev–Trinajstić information content (AvgIpc) is 2.46. The fourth-order valence-electron chi connectivity index (χ4n) is 1.53. The van der Waals surface area contributed by atoms with Gasteiger partial charge in [-0.25, -0.2) is 0 Å². The van der Waals surface area contributed by atoms with E-state index in [4.69, 9.17) is 21.6 Å². The molecular weight excluding hydrogens is 280 g/mol. The summed E-state index contributed by atoms with van der Waals surface area (Å²) in [5.74, 6) is 0.927. The van der Waals surface area contributed by atoms with Gasteiger partial charge < -0.3 is 15.2 Å². The summed E-state index contributed by atoms with van der Waals surface area (Å²) < 4.78 is 10.2. The number of primary amides is 1. The first-order valence-electron chi connectivity index (χ1n) is 5.65. The summed E-state index contributed by atoms with van der Waals surface area (Å²) in [5.41, 5.74) is 4.62. The molecule has 0 aliphatic heterocycles. The zero-order valence-electron chi connectivity index (χ0n) is 11.1. The zero-order chi connectivity index (χ0) is 16.0. The molecule has 8 nitrogen and oxygen atoms in total. The fourth-order valence-corrected chi connectivity index (χ4v) is 1.53. The molecule has 0 heterocycles. The maximum Gasteiger partial charge on any atom is 0.315 e. The molecule has 0 spiro atoms. The molecule has 0 saturated heterocycles. The van der Waals surface area contributed by atoms with Gasteiger partial charge in [0.1, 0.15) is 6.29 Å². The van der Waals surface area contributed by atoms with Gasteiger partial charge >= 0.3 is 5.69 Å². The lowest BCUT2D eigenvalue weighted by atomic mass is 10.1. The molecule has 8 heteroatoms. The SMILES string of the molecule is C#CCC(Oc1c(OC)cc(C=O)cc1[N+](=O)[O-])C(N)=O. The van der Waals surface area contributed by atoms with Crippen molar-refractivity contribution in [2.75, 3.05) is 7.11 Å². The van der Waals surface area contributed by atoms with Crippen molar-refractivity contribution in [3.8, 4) is 23.8 Å². The van der Waals surface area contributed by atoms with Crippen LogP contribution in [0.5, 0.6) is 11.5 Å². The Labute approximate surface area is 120 Å². The molecule has 0 saturated carbocycles.